The van der Waals surface area contributed by atoms with Crippen molar-refractivity contribution in [2.24, 2.45) is 0 Å². The number of fused-ring (bicyclic) bond motifs is 1. The van der Waals surface area contributed by atoms with Crippen LogP contribution in [0, 0.1) is 0 Å². The van der Waals surface area contributed by atoms with Crippen LogP contribution in [0.3, 0.4) is 0 Å². The first-order valence-corrected chi connectivity index (χ1v) is 13.1. The number of hydrogen-bond acceptors (Lipinski definition) is 7. The van der Waals surface area contributed by atoms with Gasteiger partial charge in [-0.05, 0) is 23.3 Å². The van der Waals surface area contributed by atoms with Crippen molar-refractivity contribution in [3.63, 3.8) is 0 Å². The molecule has 1 heterocycles. The summed E-state index contributed by atoms with van der Waals surface area (Å²) in [4.78, 5) is 0. The minimum absolute atomic E-state index is 0.460. The summed E-state index contributed by atoms with van der Waals surface area (Å²) < 4.78 is 28.5. The molecule has 29 heavy (non-hydrogen) atoms. The molecule has 0 unspecified atom stereocenters. The van der Waals surface area contributed by atoms with Crippen LogP contribution in [0.5, 0.6) is 11.5 Å². The lowest BCUT2D eigenvalue weighted by Gasteiger charge is -2.18. The Morgan fingerprint density at radius 2 is 1.00 bits per heavy atom. The van der Waals surface area contributed by atoms with Crippen LogP contribution in [0.15, 0.2) is 12.1 Å². The zero-order valence-electron chi connectivity index (χ0n) is 16.7. The molecule has 0 saturated carbocycles. The molecule has 0 amide bonds. The Balaban J connectivity index is 2.13. The fourth-order valence-corrected chi connectivity index (χ4v) is 4.71. The van der Waals surface area contributed by atoms with Crippen LogP contribution in [0.1, 0.15) is 11.1 Å². The number of alkyl halides is 2. The van der Waals surface area contributed by atoms with Gasteiger partial charge in [-0.1, -0.05) is 0 Å². The molecule has 0 aliphatic carbocycles. The van der Waals surface area contributed by atoms with E-state index in [2.05, 4.69) is 12.1 Å². The molecule has 0 radical (unpaired) electrons. The Labute approximate surface area is 192 Å². The second-order valence-electron chi connectivity index (χ2n) is 6.08. The van der Waals surface area contributed by atoms with Gasteiger partial charge in [0.2, 0.25) is 0 Å². The molecule has 0 fully saturated rings. The van der Waals surface area contributed by atoms with E-state index < -0.39 is 0 Å². The van der Waals surface area contributed by atoms with E-state index in [0.29, 0.717) is 64.6 Å². The monoisotopic (exact) mass is 484 g/mol. The molecule has 1 aliphatic heterocycles. The minimum atomic E-state index is 0.460. The van der Waals surface area contributed by atoms with Gasteiger partial charge in [-0.3, -0.25) is 0 Å². The van der Waals surface area contributed by atoms with Crippen LogP contribution < -0.4 is 9.47 Å². The maximum Gasteiger partial charge on any atom is 0.161 e. The maximum absolute atomic E-state index is 6.00. The molecular formula is C20H30Cl2O5S2. The summed E-state index contributed by atoms with van der Waals surface area (Å²) in [6.07, 6.45) is 0. The molecule has 1 aromatic rings. The van der Waals surface area contributed by atoms with Crippen molar-refractivity contribution in [2.75, 3.05) is 76.1 Å². The predicted octanol–water partition coefficient (Wildman–Crippen LogP) is 4.45. The normalized spacial score (nSPS) is 16.8. The zero-order chi connectivity index (χ0) is 20.6. The van der Waals surface area contributed by atoms with Gasteiger partial charge in [0, 0.05) is 34.8 Å². The number of rotatable bonds is 8. The highest BCUT2D eigenvalue weighted by molar-refractivity contribution is 7.98. The van der Waals surface area contributed by atoms with Crippen LogP contribution in [-0.4, -0.2) is 76.1 Å². The fraction of sp³-hybridized carbons (Fsp3) is 0.700. The first kappa shape index (κ1) is 25.2. The molecule has 5 nitrogen and oxygen atoms in total. The van der Waals surface area contributed by atoms with Gasteiger partial charge in [0.05, 0.1) is 39.6 Å². The van der Waals surface area contributed by atoms with E-state index in [1.54, 1.807) is 0 Å². The summed E-state index contributed by atoms with van der Waals surface area (Å²) in [5.74, 6) is 6.38. The molecule has 0 N–H and O–H groups in total. The average molecular weight is 485 g/mol. The quantitative estimate of drug-likeness (QED) is 0.398. The summed E-state index contributed by atoms with van der Waals surface area (Å²) >= 11 is 15.3. The lowest BCUT2D eigenvalue weighted by molar-refractivity contribution is 0.00708. The second-order valence-corrected chi connectivity index (χ2v) is 9.05. The van der Waals surface area contributed by atoms with E-state index in [-0.39, 0.29) is 0 Å². The van der Waals surface area contributed by atoms with Crippen molar-refractivity contribution in [3.8, 4) is 11.5 Å². The standard InChI is InChI=1S/C20H30Cl2O5S2/c21-1-11-28-15-17-13-19-20(14-18(17)16-29-12-2-22)27-10-8-25-6-4-23-3-5-24-7-9-26-19/h13-14H,1-12,15-16H2. The van der Waals surface area contributed by atoms with E-state index in [1.165, 1.54) is 11.1 Å². The Morgan fingerprint density at radius 1 is 0.621 bits per heavy atom. The van der Waals surface area contributed by atoms with Gasteiger partial charge >= 0.3 is 0 Å². The van der Waals surface area contributed by atoms with Crippen molar-refractivity contribution < 1.29 is 23.7 Å². The van der Waals surface area contributed by atoms with Gasteiger partial charge in [0.25, 0.3) is 0 Å². The van der Waals surface area contributed by atoms with Gasteiger partial charge < -0.3 is 23.7 Å². The third-order valence-electron chi connectivity index (χ3n) is 3.94. The van der Waals surface area contributed by atoms with E-state index in [4.69, 9.17) is 46.9 Å². The summed E-state index contributed by atoms with van der Waals surface area (Å²) in [5.41, 5.74) is 2.49. The molecule has 1 aromatic carbocycles. The van der Waals surface area contributed by atoms with Gasteiger partial charge in [-0.2, -0.15) is 23.5 Å². The minimum Gasteiger partial charge on any atom is -0.487 e. The number of thioether (sulfide) groups is 2. The summed E-state index contributed by atoms with van der Waals surface area (Å²) in [5, 5.41) is 0. The molecule has 0 saturated heterocycles. The first-order valence-electron chi connectivity index (χ1n) is 9.77. The number of benzene rings is 1. The molecule has 0 bridgehead atoms. The molecule has 9 heteroatoms. The Kier molecular flexibility index (Phi) is 14.5. The summed E-state index contributed by atoms with van der Waals surface area (Å²) in [6.45, 7) is 4.13. The van der Waals surface area contributed by atoms with Crippen molar-refractivity contribution in [1.82, 2.24) is 0 Å². The van der Waals surface area contributed by atoms with Crippen LogP contribution >= 0.6 is 46.7 Å². The van der Waals surface area contributed by atoms with Gasteiger partial charge in [-0.25, -0.2) is 0 Å². The Morgan fingerprint density at radius 3 is 1.38 bits per heavy atom. The van der Waals surface area contributed by atoms with E-state index >= 15 is 0 Å². The van der Waals surface area contributed by atoms with Crippen molar-refractivity contribution in [3.05, 3.63) is 23.3 Å². The van der Waals surface area contributed by atoms with Crippen molar-refractivity contribution >= 4 is 46.7 Å². The maximum atomic E-state index is 6.00. The molecule has 2 rings (SSSR count). The molecule has 0 atom stereocenters. The Hall–Kier alpha value is -0.0200. The van der Waals surface area contributed by atoms with Crippen molar-refractivity contribution in [2.45, 2.75) is 11.5 Å². The second kappa shape index (κ2) is 16.6. The molecule has 0 spiro atoms. The Bertz CT molecular complexity index is 519. The average Bonchev–Trinajstić information content (AvgIpc) is 2.73. The van der Waals surface area contributed by atoms with Gasteiger partial charge in [0.1, 0.15) is 13.2 Å². The van der Waals surface area contributed by atoms with E-state index in [0.717, 1.165) is 34.5 Å². The molecule has 0 aromatic heterocycles. The lowest BCUT2D eigenvalue weighted by Crippen LogP contribution is -2.13. The zero-order valence-corrected chi connectivity index (χ0v) is 19.8. The SMILES string of the molecule is ClCCSCc1cc2c(cc1CSCCCl)OCCOCCOCCOCCO2. The van der Waals surface area contributed by atoms with E-state index in [9.17, 15) is 0 Å². The van der Waals surface area contributed by atoms with Crippen molar-refractivity contribution in [1.29, 1.82) is 0 Å². The summed E-state index contributed by atoms with van der Waals surface area (Å²) in [6, 6.07) is 4.18. The smallest absolute Gasteiger partial charge is 0.161 e. The van der Waals surface area contributed by atoms with Gasteiger partial charge in [0.15, 0.2) is 11.5 Å². The highest BCUT2D eigenvalue weighted by Crippen LogP contribution is 2.34. The van der Waals surface area contributed by atoms with Crippen LogP contribution in [0.25, 0.3) is 0 Å². The molecule has 166 valence electrons. The number of halogens is 2. The fourth-order valence-electron chi connectivity index (χ4n) is 2.57. The molecule has 1 aliphatic rings. The largest absolute Gasteiger partial charge is 0.487 e. The van der Waals surface area contributed by atoms with E-state index in [1.807, 2.05) is 23.5 Å². The van der Waals surface area contributed by atoms with Crippen LogP contribution in [-0.2, 0) is 25.7 Å². The topological polar surface area (TPSA) is 46.2 Å². The summed E-state index contributed by atoms with van der Waals surface area (Å²) in [7, 11) is 0. The lowest BCUT2D eigenvalue weighted by atomic mass is 10.1. The predicted molar refractivity (Wildman–Crippen MR) is 124 cm³/mol. The third kappa shape index (κ3) is 10.7. The van der Waals surface area contributed by atoms with Crippen LogP contribution in [0.2, 0.25) is 0 Å². The molecular weight excluding hydrogens is 455 g/mol. The first-order chi connectivity index (χ1) is 14.3. The third-order valence-corrected chi connectivity index (χ3v) is 6.78. The van der Waals surface area contributed by atoms with Crippen LogP contribution in [0.4, 0.5) is 0 Å². The number of ether oxygens (including phenoxy) is 5. The van der Waals surface area contributed by atoms with Gasteiger partial charge in [-0.15, -0.1) is 23.2 Å². The number of hydrogen-bond donors (Lipinski definition) is 0. The highest BCUT2D eigenvalue weighted by Gasteiger charge is 2.13. The highest BCUT2D eigenvalue weighted by atomic mass is 35.5.